The summed E-state index contributed by atoms with van der Waals surface area (Å²) in [6, 6.07) is 15.8. The molecule has 0 saturated carbocycles. The highest BCUT2D eigenvalue weighted by atomic mass is 32.1. The first-order chi connectivity index (χ1) is 13.1. The summed E-state index contributed by atoms with van der Waals surface area (Å²) in [6.07, 6.45) is 0.656. The number of carbonyl (C=O) groups is 1. The highest BCUT2D eigenvalue weighted by molar-refractivity contribution is 7.80. The monoisotopic (exact) mass is 377 g/mol. The maximum Gasteiger partial charge on any atom is 0.251 e. The van der Waals surface area contributed by atoms with Gasteiger partial charge in [0.05, 0.1) is 13.2 Å². The van der Waals surface area contributed by atoms with Gasteiger partial charge >= 0.3 is 0 Å². The van der Waals surface area contributed by atoms with E-state index in [2.05, 4.69) is 28.1 Å². The van der Waals surface area contributed by atoms with Crippen molar-refractivity contribution in [2.45, 2.75) is 18.5 Å². The minimum Gasteiger partial charge on any atom is -0.497 e. The van der Waals surface area contributed by atoms with Crippen molar-refractivity contribution in [3.05, 3.63) is 65.4 Å². The quantitative estimate of drug-likeness (QED) is 0.697. The maximum absolute atomic E-state index is 12.9. The molecule has 3 heterocycles. The number of nitrogens with one attached hydrogen (secondary N) is 1. The number of H-pyrrole nitrogens is 1. The van der Waals surface area contributed by atoms with Crippen molar-refractivity contribution >= 4 is 34.1 Å². The topological polar surface area (TPSA) is 48.6 Å². The van der Waals surface area contributed by atoms with Crippen LogP contribution in [-0.2, 0) is 11.2 Å². The number of aromatic amines is 1. The van der Waals surface area contributed by atoms with Crippen LogP contribution in [0.15, 0.2) is 48.5 Å². The first kappa shape index (κ1) is 16.3. The molecule has 5 nitrogen and oxygen atoms in total. The lowest BCUT2D eigenvalue weighted by molar-refractivity contribution is -0.127. The summed E-state index contributed by atoms with van der Waals surface area (Å²) < 4.78 is 5.43. The van der Waals surface area contributed by atoms with E-state index in [1.807, 2.05) is 30.3 Å². The van der Waals surface area contributed by atoms with Crippen LogP contribution in [-0.4, -0.2) is 46.0 Å². The Labute approximate surface area is 162 Å². The highest BCUT2D eigenvalue weighted by Gasteiger charge is 2.49. The van der Waals surface area contributed by atoms with Gasteiger partial charge in [0.2, 0.25) is 0 Å². The van der Waals surface area contributed by atoms with Crippen LogP contribution in [0.2, 0.25) is 0 Å². The minimum atomic E-state index is -0.273. The molecule has 27 heavy (non-hydrogen) atoms. The fraction of sp³-hybridized carbons (Fsp3) is 0.238. The number of para-hydroxylation sites is 1. The van der Waals surface area contributed by atoms with Gasteiger partial charge in [0.25, 0.3) is 5.91 Å². The Bertz CT molecular complexity index is 1090. The molecule has 3 aromatic rings. The van der Waals surface area contributed by atoms with Gasteiger partial charge in [-0.15, -0.1) is 0 Å². The van der Waals surface area contributed by atoms with E-state index in [0.29, 0.717) is 11.5 Å². The van der Waals surface area contributed by atoms with Gasteiger partial charge in [-0.1, -0.05) is 30.3 Å². The molecule has 1 aromatic heterocycles. The Balaban J connectivity index is 1.77. The van der Waals surface area contributed by atoms with Crippen LogP contribution in [0, 0.1) is 0 Å². The molecule has 0 unspecified atom stereocenters. The molecule has 0 radical (unpaired) electrons. The number of thiocarbonyl (C=S) groups is 1. The summed E-state index contributed by atoms with van der Waals surface area (Å²) in [5.74, 6) is 0.848. The fourth-order valence-corrected chi connectivity index (χ4v) is 4.69. The molecule has 1 fully saturated rings. The molecule has 2 atom stereocenters. The summed E-state index contributed by atoms with van der Waals surface area (Å²) >= 11 is 5.65. The van der Waals surface area contributed by atoms with Gasteiger partial charge in [0.1, 0.15) is 11.8 Å². The van der Waals surface area contributed by atoms with Crippen LogP contribution in [0.3, 0.4) is 0 Å². The van der Waals surface area contributed by atoms with Crippen LogP contribution >= 0.6 is 12.2 Å². The van der Waals surface area contributed by atoms with Crippen molar-refractivity contribution in [1.82, 2.24) is 14.8 Å². The number of methoxy groups -OCH3 is 1. The number of aromatic nitrogens is 1. The predicted octanol–water partition coefficient (Wildman–Crippen LogP) is 3.25. The summed E-state index contributed by atoms with van der Waals surface area (Å²) in [4.78, 5) is 20.1. The fourth-order valence-electron chi connectivity index (χ4n) is 4.36. The largest absolute Gasteiger partial charge is 0.497 e. The lowest BCUT2D eigenvalue weighted by Gasteiger charge is -2.37. The van der Waals surface area contributed by atoms with E-state index in [4.69, 9.17) is 17.0 Å². The zero-order chi connectivity index (χ0) is 18.7. The van der Waals surface area contributed by atoms with Crippen LogP contribution in [0.25, 0.3) is 10.9 Å². The molecule has 5 rings (SSSR count). The number of nitrogens with zero attached hydrogens (tertiary/aromatic N) is 2. The van der Waals surface area contributed by atoms with E-state index in [0.717, 1.165) is 22.5 Å². The van der Waals surface area contributed by atoms with Crippen molar-refractivity contribution in [2.24, 2.45) is 0 Å². The van der Waals surface area contributed by atoms with E-state index in [1.165, 1.54) is 10.9 Å². The molecule has 6 heteroatoms. The Kier molecular flexibility index (Phi) is 3.52. The van der Waals surface area contributed by atoms with Crippen molar-refractivity contribution < 1.29 is 9.53 Å². The lowest BCUT2D eigenvalue weighted by Crippen LogP contribution is -2.44. The summed E-state index contributed by atoms with van der Waals surface area (Å²) in [6.45, 7) is 0. The lowest BCUT2D eigenvalue weighted by atomic mass is 9.89. The second kappa shape index (κ2) is 5.82. The molecular formula is C21H19N3O2S. The number of hydrogen-bond donors (Lipinski definition) is 1. The van der Waals surface area contributed by atoms with Gasteiger partial charge in [-0.25, -0.2) is 0 Å². The third-order valence-electron chi connectivity index (χ3n) is 5.66. The van der Waals surface area contributed by atoms with E-state index in [-0.39, 0.29) is 18.0 Å². The molecule has 0 bridgehead atoms. The van der Waals surface area contributed by atoms with E-state index in [9.17, 15) is 4.79 Å². The molecule has 2 aliphatic heterocycles. The van der Waals surface area contributed by atoms with Gasteiger partial charge in [-0.3, -0.25) is 9.69 Å². The van der Waals surface area contributed by atoms with E-state index < -0.39 is 0 Å². The Morgan fingerprint density at radius 3 is 2.81 bits per heavy atom. The van der Waals surface area contributed by atoms with Gasteiger partial charge < -0.3 is 14.6 Å². The van der Waals surface area contributed by atoms with Crippen molar-refractivity contribution in [1.29, 1.82) is 0 Å². The van der Waals surface area contributed by atoms with Gasteiger partial charge in [0, 0.05) is 30.1 Å². The number of amides is 1. The molecule has 0 spiro atoms. The van der Waals surface area contributed by atoms with Gasteiger partial charge in [-0.05, 0) is 41.5 Å². The predicted molar refractivity (Wildman–Crippen MR) is 108 cm³/mol. The van der Waals surface area contributed by atoms with Crippen LogP contribution in [0.4, 0.5) is 0 Å². The second-order valence-corrected chi connectivity index (χ2v) is 7.41. The average molecular weight is 377 g/mol. The van der Waals surface area contributed by atoms with E-state index in [1.54, 1.807) is 19.1 Å². The highest BCUT2D eigenvalue weighted by Crippen LogP contribution is 2.44. The molecule has 1 saturated heterocycles. The van der Waals surface area contributed by atoms with Crippen LogP contribution in [0.1, 0.15) is 22.9 Å². The molecule has 2 aromatic carbocycles. The van der Waals surface area contributed by atoms with Crippen molar-refractivity contribution in [3.63, 3.8) is 0 Å². The Morgan fingerprint density at radius 2 is 2.00 bits per heavy atom. The minimum absolute atomic E-state index is 0.0591. The second-order valence-electron chi connectivity index (χ2n) is 7.05. The number of rotatable bonds is 2. The first-order valence-corrected chi connectivity index (χ1v) is 9.34. The SMILES string of the molecule is COc1cccc([C@@H]2c3[nH]c4ccccc4c3C[C@H]3C(=O)N(C)C(=S)N23)c1. The molecule has 1 amide bonds. The summed E-state index contributed by atoms with van der Waals surface area (Å²) in [5.41, 5.74) is 4.44. The van der Waals surface area contributed by atoms with Gasteiger partial charge in [0.15, 0.2) is 5.11 Å². The number of fused-ring (bicyclic) bond motifs is 4. The summed E-state index contributed by atoms with van der Waals surface area (Å²) in [5, 5.41) is 1.75. The zero-order valence-corrected chi connectivity index (χ0v) is 15.9. The smallest absolute Gasteiger partial charge is 0.251 e. The van der Waals surface area contributed by atoms with Gasteiger partial charge in [-0.2, -0.15) is 0 Å². The van der Waals surface area contributed by atoms with Crippen LogP contribution < -0.4 is 4.74 Å². The van der Waals surface area contributed by atoms with Crippen molar-refractivity contribution in [2.75, 3.05) is 14.2 Å². The number of ether oxygens (including phenoxy) is 1. The number of benzene rings is 2. The van der Waals surface area contributed by atoms with Crippen LogP contribution in [0.5, 0.6) is 5.75 Å². The molecular weight excluding hydrogens is 358 g/mol. The first-order valence-electron chi connectivity index (χ1n) is 8.93. The summed E-state index contributed by atoms with van der Waals surface area (Å²) in [7, 11) is 3.42. The molecule has 1 N–H and O–H groups in total. The number of likely N-dealkylation sites (N-methyl/N-ethyl adjacent to an activating group) is 1. The third kappa shape index (κ3) is 2.23. The third-order valence-corrected chi connectivity index (χ3v) is 6.15. The number of hydrogen-bond acceptors (Lipinski definition) is 3. The average Bonchev–Trinajstić information content (AvgIpc) is 3.18. The van der Waals surface area contributed by atoms with E-state index >= 15 is 0 Å². The molecule has 136 valence electrons. The molecule has 0 aliphatic carbocycles. The number of carbonyl (C=O) groups excluding carboxylic acids is 1. The Morgan fingerprint density at radius 1 is 1.19 bits per heavy atom. The van der Waals surface area contributed by atoms with Crippen molar-refractivity contribution in [3.8, 4) is 5.75 Å². The molecule has 2 aliphatic rings. The maximum atomic E-state index is 12.9. The standard InChI is InChI=1S/C21H19N3O2S/c1-23-20(25)17-11-15-14-8-3-4-9-16(14)22-18(15)19(24(17)21(23)27)12-6-5-7-13(10-12)26-2/h3-10,17,19,22H,11H2,1-2H3/t17-,19+/m0/s1. The normalized spacial score (nSPS) is 21.6. The Hall–Kier alpha value is -2.86. The zero-order valence-electron chi connectivity index (χ0n) is 15.1.